The van der Waals surface area contributed by atoms with Crippen molar-refractivity contribution in [3.63, 3.8) is 0 Å². The van der Waals surface area contributed by atoms with E-state index in [9.17, 15) is 26.3 Å². The van der Waals surface area contributed by atoms with Crippen molar-refractivity contribution >= 4 is 71.2 Å². The zero-order valence-corrected chi connectivity index (χ0v) is 18.7. The molecule has 0 bridgehead atoms. The van der Waals surface area contributed by atoms with Crippen molar-refractivity contribution in [2.45, 2.75) is 17.8 Å². The molecular weight excluding hydrogens is 511 g/mol. The lowest BCUT2D eigenvalue weighted by Crippen LogP contribution is -2.62. The number of halogens is 12. The second-order valence-corrected chi connectivity index (χ2v) is 6.80. The Balaban J connectivity index is -0.00000288. The molecule has 0 radical (unpaired) electrons. The molecule has 0 aliphatic rings. The molecule has 0 unspecified atom stereocenters. The maximum absolute atomic E-state index is 14.0. The Labute approximate surface area is 187 Å². The Morgan fingerprint density at radius 3 is 0.926 bits per heavy atom. The van der Waals surface area contributed by atoms with Crippen molar-refractivity contribution in [2.24, 2.45) is 0 Å². The average molecular weight is 533 g/mol. The first-order valence-corrected chi connectivity index (χ1v) is 9.45. The number of hydrogen-bond donors (Lipinski definition) is 0. The Morgan fingerprint density at radius 2 is 0.741 bits per heavy atom. The van der Waals surface area contributed by atoms with Crippen molar-refractivity contribution in [3.05, 3.63) is 0 Å². The van der Waals surface area contributed by atoms with E-state index in [4.69, 9.17) is 46.4 Å². The molecule has 0 aliphatic heterocycles. The highest BCUT2D eigenvalue weighted by molar-refractivity contribution is 6.18. The van der Waals surface area contributed by atoms with Gasteiger partial charge in [-0.05, 0) is 0 Å². The van der Waals surface area contributed by atoms with Crippen LogP contribution in [0.15, 0.2) is 0 Å². The second-order valence-electron chi connectivity index (χ2n) is 5.29. The molecule has 0 spiro atoms. The smallest absolute Gasteiger partial charge is 0.295 e. The normalized spacial score (nSPS) is 12.9. The fraction of sp³-hybridized carbons (Fsp3) is 1.00. The first-order valence-electron chi connectivity index (χ1n) is 7.31. The van der Waals surface area contributed by atoms with Crippen molar-refractivity contribution in [2.75, 3.05) is 62.8 Å². The standard InChI is InChI=1S/C13H20Cl4F6N2.2ClH/c14-1-5-24(6-2-15)9-11(18,19)13(22,23)12(20,21)10-25(7-3-16)8-4-17;;/h1-10H2;2*1H. The van der Waals surface area contributed by atoms with Crippen LogP contribution in [-0.4, -0.2) is 90.4 Å². The number of alkyl halides is 10. The van der Waals surface area contributed by atoms with Gasteiger partial charge in [0.2, 0.25) is 0 Å². The highest BCUT2D eigenvalue weighted by Crippen LogP contribution is 2.46. The van der Waals surface area contributed by atoms with Gasteiger partial charge in [0.15, 0.2) is 0 Å². The second kappa shape index (κ2) is 15.1. The molecule has 168 valence electrons. The quantitative estimate of drug-likeness (QED) is 0.221. The van der Waals surface area contributed by atoms with Crippen LogP contribution in [0.3, 0.4) is 0 Å². The minimum atomic E-state index is -5.58. The molecule has 0 amide bonds. The van der Waals surface area contributed by atoms with Gasteiger partial charge in [0.1, 0.15) is 0 Å². The Morgan fingerprint density at radius 1 is 0.519 bits per heavy atom. The molecule has 0 N–H and O–H groups in total. The summed E-state index contributed by atoms with van der Waals surface area (Å²) in [5.41, 5.74) is 0. The van der Waals surface area contributed by atoms with Crippen LogP contribution < -0.4 is 0 Å². The number of nitrogens with zero attached hydrogens (tertiary/aromatic N) is 2. The van der Waals surface area contributed by atoms with E-state index < -0.39 is 30.9 Å². The molecular formula is C13H22Cl6F6N2. The number of hydrogen-bond acceptors (Lipinski definition) is 2. The van der Waals surface area contributed by atoms with Gasteiger partial charge in [-0.25, -0.2) is 0 Å². The van der Waals surface area contributed by atoms with Crippen LogP contribution in [0.1, 0.15) is 0 Å². The third-order valence-corrected chi connectivity index (χ3v) is 4.04. The van der Waals surface area contributed by atoms with Gasteiger partial charge in [0.05, 0.1) is 13.1 Å². The maximum atomic E-state index is 14.0. The molecule has 0 aromatic rings. The minimum Gasteiger partial charge on any atom is -0.295 e. The van der Waals surface area contributed by atoms with Gasteiger partial charge in [0.25, 0.3) is 0 Å². The summed E-state index contributed by atoms with van der Waals surface area (Å²) in [6, 6.07) is 0. The third-order valence-electron chi connectivity index (χ3n) is 3.37. The lowest BCUT2D eigenvalue weighted by Gasteiger charge is -2.37. The highest BCUT2D eigenvalue weighted by Gasteiger charge is 2.71. The minimum absolute atomic E-state index is 0. The van der Waals surface area contributed by atoms with E-state index in [2.05, 4.69) is 0 Å². The summed E-state index contributed by atoms with van der Waals surface area (Å²) in [6.07, 6.45) is 0. The Hall–Kier alpha value is 1.24. The molecule has 0 aromatic carbocycles. The maximum Gasteiger partial charge on any atom is 0.374 e. The van der Waals surface area contributed by atoms with Gasteiger partial charge < -0.3 is 0 Å². The SMILES string of the molecule is Cl.Cl.FC(F)(CN(CCCl)CCCl)C(F)(F)C(F)(F)CN(CCCl)CCCl. The van der Waals surface area contributed by atoms with Crippen molar-refractivity contribution < 1.29 is 26.3 Å². The molecule has 0 aromatic heterocycles. The summed E-state index contributed by atoms with van der Waals surface area (Å²) < 4.78 is 83.9. The van der Waals surface area contributed by atoms with Gasteiger partial charge in [-0.3, -0.25) is 9.80 Å². The summed E-state index contributed by atoms with van der Waals surface area (Å²) in [5.74, 6) is -16.1. The summed E-state index contributed by atoms with van der Waals surface area (Å²) in [5, 5.41) is 0. The molecule has 2 nitrogen and oxygen atoms in total. The van der Waals surface area contributed by atoms with Crippen LogP contribution in [0.5, 0.6) is 0 Å². The Bertz CT molecular complexity index is 337. The van der Waals surface area contributed by atoms with Gasteiger partial charge >= 0.3 is 17.8 Å². The summed E-state index contributed by atoms with van der Waals surface area (Å²) in [4.78, 5) is 1.64. The predicted molar refractivity (Wildman–Crippen MR) is 105 cm³/mol. The lowest BCUT2D eigenvalue weighted by atomic mass is 10.0. The van der Waals surface area contributed by atoms with E-state index in [0.29, 0.717) is 0 Å². The molecule has 0 heterocycles. The molecule has 0 rings (SSSR count). The van der Waals surface area contributed by atoms with Crippen LogP contribution in [0.4, 0.5) is 26.3 Å². The highest BCUT2D eigenvalue weighted by atomic mass is 35.5. The summed E-state index contributed by atoms with van der Waals surface area (Å²) in [6.45, 7) is -3.90. The van der Waals surface area contributed by atoms with Crippen molar-refractivity contribution in [3.8, 4) is 0 Å². The van der Waals surface area contributed by atoms with Gasteiger partial charge in [-0.15, -0.1) is 71.2 Å². The van der Waals surface area contributed by atoms with E-state index in [-0.39, 0.29) is 74.5 Å². The number of rotatable bonds is 14. The van der Waals surface area contributed by atoms with E-state index in [1.54, 1.807) is 0 Å². The summed E-state index contributed by atoms with van der Waals surface area (Å²) in [7, 11) is 0. The monoisotopic (exact) mass is 530 g/mol. The molecule has 14 heteroatoms. The van der Waals surface area contributed by atoms with E-state index in [0.717, 1.165) is 9.80 Å². The molecule has 0 saturated carbocycles. The lowest BCUT2D eigenvalue weighted by molar-refractivity contribution is -0.314. The zero-order valence-electron chi connectivity index (χ0n) is 14.1. The fourth-order valence-corrected chi connectivity index (χ4v) is 3.00. The third kappa shape index (κ3) is 10.2. The van der Waals surface area contributed by atoms with E-state index >= 15 is 0 Å². The topological polar surface area (TPSA) is 6.48 Å². The average Bonchev–Trinajstić information content (AvgIpc) is 2.47. The van der Waals surface area contributed by atoms with Gasteiger partial charge in [-0.2, -0.15) is 26.3 Å². The summed E-state index contributed by atoms with van der Waals surface area (Å²) >= 11 is 21.6. The van der Waals surface area contributed by atoms with Crippen LogP contribution in [0, 0.1) is 0 Å². The van der Waals surface area contributed by atoms with Gasteiger partial charge in [0, 0.05) is 49.7 Å². The first-order chi connectivity index (χ1) is 11.5. The Kier molecular flexibility index (Phi) is 18.4. The fourth-order valence-electron chi connectivity index (χ4n) is 2.05. The van der Waals surface area contributed by atoms with Crippen LogP contribution in [0.25, 0.3) is 0 Å². The molecule has 0 fully saturated rings. The zero-order chi connectivity index (χ0) is 19.7. The van der Waals surface area contributed by atoms with Gasteiger partial charge in [-0.1, -0.05) is 0 Å². The largest absolute Gasteiger partial charge is 0.374 e. The van der Waals surface area contributed by atoms with E-state index in [1.165, 1.54) is 0 Å². The molecule has 0 atom stereocenters. The first kappa shape index (κ1) is 32.9. The van der Waals surface area contributed by atoms with Crippen LogP contribution in [0.2, 0.25) is 0 Å². The van der Waals surface area contributed by atoms with E-state index in [1.807, 2.05) is 0 Å². The van der Waals surface area contributed by atoms with Crippen LogP contribution in [-0.2, 0) is 0 Å². The van der Waals surface area contributed by atoms with Crippen molar-refractivity contribution in [1.82, 2.24) is 9.80 Å². The predicted octanol–water partition coefficient (Wildman–Crippen LogP) is 5.30. The van der Waals surface area contributed by atoms with Crippen LogP contribution >= 0.6 is 71.2 Å². The van der Waals surface area contributed by atoms with Crippen molar-refractivity contribution in [1.29, 1.82) is 0 Å². The molecule has 0 saturated heterocycles. The molecule has 0 aliphatic carbocycles. The molecule has 27 heavy (non-hydrogen) atoms.